The standard InChI is InChI=1S/C12H14ClN3OS/c1-7-6-11(17-3)16-12(14-7)15-8(2)9-4-5-10(13)18-9/h4-6,8H,1-3H3,(H,14,15,16). The molecule has 0 aromatic carbocycles. The Morgan fingerprint density at radius 3 is 2.78 bits per heavy atom. The summed E-state index contributed by atoms with van der Waals surface area (Å²) in [4.78, 5) is 9.72. The SMILES string of the molecule is COc1cc(C)nc(NC(C)c2ccc(Cl)s2)n1. The summed E-state index contributed by atoms with van der Waals surface area (Å²) < 4.78 is 5.90. The second-order valence-corrected chi connectivity index (χ2v) is 5.63. The third-order valence-electron chi connectivity index (χ3n) is 2.41. The van der Waals surface area contributed by atoms with E-state index in [1.165, 1.54) is 0 Å². The van der Waals surface area contributed by atoms with Crippen molar-refractivity contribution in [2.24, 2.45) is 0 Å². The summed E-state index contributed by atoms with van der Waals surface area (Å²) in [5, 5.41) is 3.24. The molecule has 0 aliphatic carbocycles. The van der Waals surface area contributed by atoms with E-state index < -0.39 is 0 Å². The van der Waals surface area contributed by atoms with Gasteiger partial charge in [0, 0.05) is 16.6 Å². The third kappa shape index (κ3) is 3.11. The summed E-state index contributed by atoms with van der Waals surface area (Å²) in [6.45, 7) is 3.95. The molecule has 2 heterocycles. The van der Waals surface area contributed by atoms with Crippen molar-refractivity contribution < 1.29 is 4.74 Å². The molecule has 0 aliphatic rings. The summed E-state index contributed by atoms with van der Waals surface area (Å²) in [6, 6.07) is 5.78. The van der Waals surface area contributed by atoms with E-state index in [1.54, 1.807) is 24.5 Å². The van der Waals surface area contributed by atoms with Crippen LogP contribution in [0.4, 0.5) is 5.95 Å². The van der Waals surface area contributed by atoms with Crippen molar-refractivity contribution in [3.05, 3.63) is 33.1 Å². The Labute approximate surface area is 115 Å². The predicted molar refractivity (Wildman–Crippen MR) is 74.7 cm³/mol. The molecule has 2 rings (SSSR count). The van der Waals surface area contributed by atoms with Gasteiger partial charge in [0.1, 0.15) is 0 Å². The number of hydrogen-bond acceptors (Lipinski definition) is 5. The van der Waals surface area contributed by atoms with Gasteiger partial charge >= 0.3 is 0 Å². The highest BCUT2D eigenvalue weighted by Gasteiger charge is 2.10. The molecule has 6 heteroatoms. The van der Waals surface area contributed by atoms with Crippen molar-refractivity contribution in [2.75, 3.05) is 12.4 Å². The van der Waals surface area contributed by atoms with Crippen molar-refractivity contribution in [3.8, 4) is 5.88 Å². The molecule has 0 saturated carbocycles. The number of hydrogen-bond donors (Lipinski definition) is 1. The van der Waals surface area contributed by atoms with Gasteiger partial charge < -0.3 is 10.1 Å². The average Bonchev–Trinajstić information content (AvgIpc) is 2.75. The lowest BCUT2D eigenvalue weighted by molar-refractivity contribution is 0.397. The second kappa shape index (κ2) is 5.54. The van der Waals surface area contributed by atoms with E-state index in [4.69, 9.17) is 16.3 Å². The maximum Gasteiger partial charge on any atom is 0.226 e. The van der Waals surface area contributed by atoms with Crippen LogP contribution in [0.1, 0.15) is 23.5 Å². The number of rotatable bonds is 4. The van der Waals surface area contributed by atoms with Gasteiger partial charge in [-0.05, 0) is 26.0 Å². The summed E-state index contributed by atoms with van der Waals surface area (Å²) >= 11 is 7.47. The first kappa shape index (κ1) is 13.1. The predicted octanol–water partition coefficient (Wildman–Crippen LogP) is 3.68. The molecule has 1 N–H and O–H groups in total. The summed E-state index contributed by atoms with van der Waals surface area (Å²) in [7, 11) is 1.59. The summed E-state index contributed by atoms with van der Waals surface area (Å²) in [6.07, 6.45) is 0. The second-order valence-electron chi connectivity index (χ2n) is 3.88. The Balaban J connectivity index is 2.16. The monoisotopic (exact) mass is 283 g/mol. The number of halogens is 1. The van der Waals surface area contributed by atoms with Crippen LogP contribution in [0.15, 0.2) is 18.2 Å². The smallest absolute Gasteiger partial charge is 0.226 e. The van der Waals surface area contributed by atoms with Crippen molar-refractivity contribution >= 4 is 28.9 Å². The first-order valence-electron chi connectivity index (χ1n) is 5.50. The number of methoxy groups -OCH3 is 1. The first-order valence-corrected chi connectivity index (χ1v) is 6.69. The van der Waals surface area contributed by atoms with Crippen LogP contribution in [0.25, 0.3) is 0 Å². The highest BCUT2D eigenvalue weighted by atomic mass is 35.5. The maximum absolute atomic E-state index is 5.92. The van der Waals surface area contributed by atoms with Crippen LogP contribution in [0.5, 0.6) is 5.88 Å². The molecule has 1 unspecified atom stereocenters. The van der Waals surface area contributed by atoms with Gasteiger partial charge in [0.05, 0.1) is 17.5 Å². The van der Waals surface area contributed by atoms with E-state index in [-0.39, 0.29) is 6.04 Å². The maximum atomic E-state index is 5.92. The van der Waals surface area contributed by atoms with Gasteiger partial charge in [-0.15, -0.1) is 11.3 Å². The van der Waals surface area contributed by atoms with Crippen molar-refractivity contribution in [1.82, 2.24) is 9.97 Å². The molecule has 4 nitrogen and oxygen atoms in total. The number of aromatic nitrogens is 2. The van der Waals surface area contributed by atoms with Gasteiger partial charge in [0.25, 0.3) is 0 Å². The van der Waals surface area contributed by atoms with Crippen LogP contribution in [0, 0.1) is 6.92 Å². The summed E-state index contributed by atoms with van der Waals surface area (Å²) in [5.74, 6) is 1.12. The third-order valence-corrected chi connectivity index (χ3v) is 3.82. The minimum absolute atomic E-state index is 0.106. The topological polar surface area (TPSA) is 47.0 Å². The Hall–Kier alpha value is -1.33. The highest BCUT2D eigenvalue weighted by Crippen LogP contribution is 2.28. The molecule has 0 fully saturated rings. The Kier molecular flexibility index (Phi) is 4.04. The minimum Gasteiger partial charge on any atom is -0.481 e. The number of nitrogens with one attached hydrogen (secondary N) is 1. The lowest BCUT2D eigenvalue weighted by Crippen LogP contribution is -2.09. The molecule has 0 amide bonds. The lowest BCUT2D eigenvalue weighted by Gasteiger charge is -2.13. The van der Waals surface area contributed by atoms with E-state index in [1.807, 2.05) is 26.0 Å². The van der Waals surface area contributed by atoms with Gasteiger partial charge in [-0.3, -0.25) is 0 Å². The van der Waals surface area contributed by atoms with Gasteiger partial charge in [-0.25, -0.2) is 4.98 Å². The Morgan fingerprint density at radius 1 is 1.39 bits per heavy atom. The molecule has 0 spiro atoms. The molecule has 0 bridgehead atoms. The normalized spacial score (nSPS) is 12.2. The lowest BCUT2D eigenvalue weighted by atomic mass is 10.3. The highest BCUT2D eigenvalue weighted by molar-refractivity contribution is 7.16. The fourth-order valence-electron chi connectivity index (χ4n) is 1.53. The van der Waals surface area contributed by atoms with Crippen LogP contribution in [-0.4, -0.2) is 17.1 Å². The molecule has 2 aromatic heterocycles. The molecule has 2 aromatic rings. The zero-order valence-corrected chi connectivity index (χ0v) is 12.0. The van der Waals surface area contributed by atoms with Gasteiger partial charge in [-0.2, -0.15) is 4.98 Å². The quantitative estimate of drug-likeness (QED) is 0.930. The van der Waals surface area contributed by atoms with E-state index in [2.05, 4.69) is 15.3 Å². The van der Waals surface area contributed by atoms with Crippen molar-refractivity contribution in [2.45, 2.75) is 19.9 Å². The molecule has 0 radical (unpaired) electrons. The molecule has 0 aliphatic heterocycles. The molecular weight excluding hydrogens is 270 g/mol. The number of thiophene rings is 1. The number of ether oxygens (including phenoxy) is 1. The van der Waals surface area contributed by atoms with Crippen molar-refractivity contribution in [3.63, 3.8) is 0 Å². The van der Waals surface area contributed by atoms with Gasteiger partial charge in [0.2, 0.25) is 11.8 Å². The Bertz CT molecular complexity index is 544. The minimum atomic E-state index is 0.106. The fourth-order valence-corrected chi connectivity index (χ4v) is 2.60. The van der Waals surface area contributed by atoms with Crippen LogP contribution >= 0.6 is 22.9 Å². The van der Waals surface area contributed by atoms with Crippen molar-refractivity contribution in [1.29, 1.82) is 0 Å². The molecule has 0 saturated heterocycles. The largest absolute Gasteiger partial charge is 0.481 e. The number of aryl methyl sites for hydroxylation is 1. The van der Waals surface area contributed by atoms with E-state index in [0.29, 0.717) is 11.8 Å². The van der Waals surface area contributed by atoms with Crippen LogP contribution in [0.3, 0.4) is 0 Å². The van der Waals surface area contributed by atoms with E-state index in [0.717, 1.165) is 14.9 Å². The fraction of sp³-hybridized carbons (Fsp3) is 0.333. The van der Waals surface area contributed by atoms with Crippen LogP contribution < -0.4 is 10.1 Å². The number of nitrogens with zero attached hydrogens (tertiary/aromatic N) is 2. The summed E-state index contributed by atoms with van der Waals surface area (Å²) in [5.41, 5.74) is 0.862. The first-order chi connectivity index (χ1) is 8.58. The zero-order chi connectivity index (χ0) is 13.1. The van der Waals surface area contributed by atoms with Gasteiger partial charge in [0.15, 0.2) is 0 Å². The Morgan fingerprint density at radius 2 is 2.17 bits per heavy atom. The molecule has 96 valence electrons. The zero-order valence-electron chi connectivity index (χ0n) is 10.4. The molecule has 1 atom stereocenters. The van der Waals surface area contributed by atoms with E-state index in [9.17, 15) is 0 Å². The van der Waals surface area contributed by atoms with E-state index >= 15 is 0 Å². The number of anilines is 1. The molecule has 18 heavy (non-hydrogen) atoms. The van der Waals surface area contributed by atoms with Gasteiger partial charge in [-0.1, -0.05) is 11.6 Å². The van der Waals surface area contributed by atoms with Crippen LogP contribution in [0.2, 0.25) is 4.34 Å². The average molecular weight is 284 g/mol. The molecular formula is C12H14ClN3OS. The van der Waals surface area contributed by atoms with Crippen LogP contribution in [-0.2, 0) is 0 Å².